The highest BCUT2D eigenvalue weighted by Crippen LogP contribution is 2.30. The maximum Gasteiger partial charge on any atom is 0.267 e. The standard InChI is InChI=1S/C11H8BrClF3NO/c12-7-3-6(9(14)4-8(7)13)10(18)17-2-1-11(15,16)5-17/h3-4H,1-2,5H2. The predicted octanol–water partition coefficient (Wildman–Crippen LogP) is 3.72. The molecule has 18 heavy (non-hydrogen) atoms. The number of benzene rings is 1. The van der Waals surface area contributed by atoms with Crippen LogP contribution in [0, 0.1) is 5.82 Å². The fraction of sp³-hybridized carbons (Fsp3) is 0.364. The van der Waals surface area contributed by atoms with Crippen molar-refractivity contribution in [1.29, 1.82) is 0 Å². The Morgan fingerprint density at radius 3 is 2.67 bits per heavy atom. The van der Waals surface area contributed by atoms with Crippen LogP contribution in [0.4, 0.5) is 13.2 Å². The molecule has 0 unspecified atom stereocenters. The van der Waals surface area contributed by atoms with Crippen LogP contribution in [0.15, 0.2) is 16.6 Å². The lowest BCUT2D eigenvalue weighted by Crippen LogP contribution is -2.32. The van der Waals surface area contributed by atoms with E-state index in [1.165, 1.54) is 6.07 Å². The fourth-order valence-corrected chi connectivity index (χ4v) is 2.26. The van der Waals surface area contributed by atoms with Crippen molar-refractivity contribution < 1.29 is 18.0 Å². The van der Waals surface area contributed by atoms with Gasteiger partial charge in [-0.3, -0.25) is 4.79 Å². The topological polar surface area (TPSA) is 20.3 Å². The fourth-order valence-electron chi connectivity index (χ4n) is 1.77. The van der Waals surface area contributed by atoms with Crippen LogP contribution in [0.5, 0.6) is 0 Å². The number of rotatable bonds is 1. The van der Waals surface area contributed by atoms with E-state index in [0.29, 0.717) is 4.47 Å². The minimum atomic E-state index is -2.89. The zero-order valence-electron chi connectivity index (χ0n) is 9.02. The van der Waals surface area contributed by atoms with Gasteiger partial charge in [0, 0.05) is 17.4 Å². The van der Waals surface area contributed by atoms with Crippen LogP contribution in [0.25, 0.3) is 0 Å². The lowest BCUT2D eigenvalue weighted by Gasteiger charge is -2.16. The van der Waals surface area contributed by atoms with Gasteiger partial charge in [0.2, 0.25) is 0 Å². The summed E-state index contributed by atoms with van der Waals surface area (Å²) in [6.07, 6.45) is -0.394. The van der Waals surface area contributed by atoms with Crippen LogP contribution < -0.4 is 0 Å². The molecule has 1 aliphatic heterocycles. The molecule has 0 N–H and O–H groups in total. The van der Waals surface area contributed by atoms with Gasteiger partial charge in [-0.05, 0) is 28.1 Å². The normalized spacial score (nSPS) is 18.2. The molecule has 0 radical (unpaired) electrons. The molecular formula is C11H8BrClF3NO. The lowest BCUT2D eigenvalue weighted by atomic mass is 10.2. The van der Waals surface area contributed by atoms with Crippen LogP contribution >= 0.6 is 27.5 Å². The number of likely N-dealkylation sites (tertiary alicyclic amines) is 1. The highest BCUT2D eigenvalue weighted by atomic mass is 79.9. The third-order valence-electron chi connectivity index (χ3n) is 2.70. The quantitative estimate of drug-likeness (QED) is 0.712. The second-order valence-electron chi connectivity index (χ2n) is 4.08. The summed E-state index contributed by atoms with van der Waals surface area (Å²) in [6.45, 7) is -0.753. The predicted molar refractivity (Wildman–Crippen MR) is 64.6 cm³/mol. The Morgan fingerprint density at radius 1 is 1.44 bits per heavy atom. The highest BCUT2D eigenvalue weighted by Gasteiger charge is 2.40. The summed E-state index contributed by atoms with van der Waals surface area (Å²) < 4.78 is 39.9. The smallest absolute Gasteiger partial charge is 0.267 e. The zero-order chi connectivity index (χ0) is 13.5. The number of hydrogen-bond acceptors (Lipinski definition) is 1. The van der Waals surface area contributed by atoms with Crippen LogP contribution in [0.3, 0.4) is 0 Å². The largest absolute Gasteiger partial charge is 0.332 e. The highest BCUT2D eigenvalue weighted by molar-refractivity contribution is 9.10. The van der Waals surface area contributed by atoms with Crippen molar-refractivity contribution in [2.75, 3.05) is 13.1 Å². The molecule has 1 aromatic rings. The molecule has 0 aromatic heterocycles. The first kappa shape index (κ1) is 13.7. The maximum atomic E-state index is 13.6. The summed E-state index contributed by atoms with van der Waals surface area (Å²) in [4.78, 5) is 12.9. The third kappa shape index (κ3) is 2.64. The van der Waals surface area contributed by atoms with Gasteiger partial charge in [-0.1, -0.05) is 11.6 Å². The van der Waals surface area contributed by atoms with Crippen molar-refractivity contribution >= 4 is 33.4 Å². The van der Waals surface area contributed by atoms with E-state index in [2.05, 4.69) is 15.9 Å². The van der Waals surface area contributed by atoms with Crippen molar-refractivity contribution in [1.82, 2.24) is 4.90 Å². The number of carbonyl (C=O) groups excluding carboxylic acids is 1. The van der Waals surface area contributed by atoms with Crippen molar-refractivity contribution in [3.63, 3.8) is 0 Å². The second-order valence-corrected chi connectivity index (χ2v) is 5.34. The number of amides is 1. The average molecular weight is 343 g/mol. The summed E-state index contributed by atoms with van der Waals surface area (Å²) in [6, 6.07) is 2.18. The van der Waals surface area contributed by atoms with Crippen molar-refractivity contribution in [3.8, 4) is 0 Å². The van der Waals surface area contributed by atoms with Gasteiger partial charge in [0.05, 0.1) is 17.1 Å². The SMILES string of the molecule is O=C(c1cc(Br)c(Cl)cc1F)N1CCC(F)(F)C1. The van der Waals surface area contributed by atoms with Crippen molar-refractivity contribution in [2.45, 2.75) is 12.3 Å². The molecule has 0 atom stereocenters. The van der Waals surface area contributed by atoms with Gasteiger partial charge in [-0.15, -0.1) is 0 Å². The molecule has 2 nitrogen and oxygen atoms in total. The molecule has 7 heteroatoms. The number of carbonyl (C=O) groups is 1. The van der Waals surface area contributed by atoms with E-state index >= 15 is 0 Å². The second kappa shape index (κ2) is 4.74. The Labute approximate surface area is 115 Å². The zero-order valence-corrected chi connectivity index (χ0v) is 11.4. The molecule has 0 saturated carbocycles. The van der Waals surface area contributed by atoms with Crippen molar-refractivity contribution in [3.05, 3.63) is 33.0 Å². The first-order valence-corrected chi connectivity index (χ1v) is 6.29. The molecular weight excluding hydrogens is 334 g/mol. The Balaban J connectivity index is 2.27. The Morgan fingerprint density at radius 2 is 2.11 bits per heavy atom. The van der Waals surface area contributed by atoms with Crippen LogP contribution in [0.1, 0.15) is 16.8 Å². The van der Waals surface area contributed by atoms with E-state index < -0.39 is 30.6 Å². The third-order valence-corrected chi connectivity index (χ3v) is 3.89. The van der Waals surface area contributed by atoms with Gasteiger partial charge in [-0.25, -0.2) is 13.2 Å². The van der Waals surface area contributed by atoms with Crippen molar-refractivity contribution in [2.24, 2.45) is 0 Å². The number of hydrogen-bond donors (Lipinski definition) is 0. The van der Waals surface area contributed by atoms with E-state index in [0.717, 1.165) is 11.0 Å². The summed E-state index contributed by atoms with van der Waals surface area (Å²) in [5.74, 6) is -4.46. The number of halogens is 5. The van der Waals surface area contributed by atoms with Crippen LogP contribution in [-0.4, -0.2) is 29.8 Å². The monoisotopic (exact) mass is 341 g/mol. The Hall–Kier alpha value is -0.750. The van der Waals surface area contributed by atoms with Crippen LogP contribution in [-0.2, 0) is 0 Å². The summed E-state index contributed by atoms with van der Waals surface area (Å²) in [7, 11) is 0. The first-order chi connectivity index (χ1) is 8.30. The van der Waals surface area contributed by atoms with E-state index in [-0.39, 0.29) is 17.1 Å². The molecule has 0 bridgehead atoms. The molecule has 1 aromatic carbocycles. The van der Waals surface area contributed by atoms with Gasteiger partial charge in [0.25, 0.3) is 11.8 Å². The first-order valence-electron chi connectivity index (χ1n) is 5.12. The summed E-state index contributed by atoms with van der Waals surface area (Å²) in [5, 5.41) is 0.121. The van der Waals surface area contributed by atoms with Gasteiger partial charge < -0.3 is 4.90 Å². The Kier molecular flexibility index (Phi) is 3.60. The lowest BCUT2D eigenvalue weighted by molar-refractivity contribution is 0.0119. The molecule has 98 valence electrons. The molecule has 1 amide bonds. The Bertz CT molecular complexity index is 509. The number of nitrogens with zero attached hydrogens (tertiary/aromatic N) is 1. The van der Waals surface area contributed by atoms with E-state index in [9.17, 15) is 18.0 Å². The summed E-state index contributed by atoms with van der Waals surface area (Å²) >= 11 is 8.73. The molecule has 1 heterocycles. The van der Waals surface area contributed by atoms with Gasteiger partial charge in [0.15, 0.2) is 0 Å². The minimum absolute atomic E-state index is 0.0779. The molecule has 1 fully saturated rings. The van der Waals surface area contributed by atoms with E-state index in [1.807, 2.05) is 0 Å². The molecule has 1 saturated heterocycles. The molecule has 0 spiro atoms. The maximum absolute atomic E-state index is 13.6. The van der Waals surface area contributed by atoms with E-state index in [1.54, 1.807) is 0 Å². The van der Waals surface area contributed by atoms with Gasteiger partial charge >= 0.3 is 0 Å². The minimum Gasteiger partial charge on any atom is -0.332 e. The van der Waals surface area contributed by atoms with Crippen LogP contribution in [0.2, 0.25) is 5.02 Å². The van der Waals surface area contributed by atoms with Gasteiger partial charge in [0.1, 0.15) is 5.82 Å². The number of alkyl halides is 2. The van der Waals surface area contributed by atoms with E-state index in [4.69, 9.17) is 11.6 Å². The molecule has 2 rings (SSSR count). The van der Waals surface area contributed by atoms with Gasteiger partial charge in [-0.2, -0.15) is 0 Å². The summed E-state index contributed by atoms with van der Waals surface area (Å²) in [5.41, 5.74) is -0.260. The molecule has 1 aliphatic rings. The average Bonchev–Trinajstić information content (AvgIpc) is 2.63. The molecule has 0 aliphatic carbocycles.